The minimum Gasteiger partial charge on any atom is -0.306 e. The molecule has 2 aromatic rings. The number of hydrogen-bond acceptors (Lipinski definition) is 2. The SMILES string of the molecule is N=Cc1cn2cccc(C3CC3)c2n1. The number of nitrogens with zero attached hydrogens (tertiary/aromatic N) is 2. The van der Waals surface area contributed by atoms with Gasteiger partial charge in [0.1, 0.15) is 5.65 Å². The van der Waals surface area contributed by atoms with Crippen LogP contribution in [-0.2, 0) is 0 Å². The topological polar surface area (TPSA) is 41.2 Å². The standard InChI is InChI=1S/C11H11N3/c12-6-9-7-14-5-1-2-10(8-3-4-8)11(14)13-9/h1-2,5-8,12H,3-4H2. The van der Waals surface area contributed by atoms with Crippen LogP contribution in [0, 0.1) is 5.41 Å². The predicted octanol–water partition coefficient (Wildman–Crippen LogP) is 2.21. The summed E-state index contributed by atoms with van der Waals surface area (Å²) in [5, 5.41) is 7.17. The molecule has 0 spiro atoms. The van der Waals surface area contributed by atoms with Crippen LogP contribution in [-0.4, -0.2) is 15.6 Å². The van der Waals surface area contributed by atoms with Gasteiger partial charge in [-0.1, -0.05) is 6.07 Å². The van der Waals surface area contributed by atoms with E-state index in [4.69, 9.17) is 5.41 Å². The van der Waals surface area contributed by atoms with E-state index in [-0.39, 0.29) is 0 Å². The van der Waals surface area contributed by atoms with E-state index < -0.39 is 0 Å². The second kappa shape index (κ2) is 2.67. The van der Waals surface area contributed by atoms with Crippen LogP contribution in [0.2, 0.25) is 0 Å². The monoisotopic (exact) mass is 185 g/mol. The lowest BCUT2D eigenvalue weighted by Crippen LogP contribution is -1.88. The van der Waals surface area contributed by atoms with Gasteiger partial charge in [-0.05, 0) is 30.4 Å². The number of nitrogens with one attached hydrogen (secondary N) is 1. The number of hydrogen-bond donors (Lipinski definition) is 1. The summed E-state index contributed by atoms with van der Waals surface area (Å²) in [4.78, 5) is 4.41. The van der Waals surface area contributed by atoms with Crippen LogP contribution >= 0.6 is 0 Å². The van der Waals surface area contributed by atoms with E-state index in [9.17, 15) is 0 Å². The molecule has 1 fully saturated rings. The first-order chi connectivity index (χ1) is 6.88. The van der Waals surface area contributed by atoms with Crippen LogP contribution in [0.4, 0.5) is 0 Å². The van der Waals surface area contributed by atoms with E-state index in [1.54, 1.807) is 0 Å². The van der Waals surface area contributed by atoms with Crippen molar-refractivity contribution >= 4 is 11.9 Å². The summed E-state index contributed by atoms with van der Waals surface area (Å²) in [7, 11) is 0. The summed E-state index contributed by atoms with van der Waals surface area (Å²) in [6, 6.07) is 4.20. The van der Waals surface area contributed by atoms with Gasteiger partial charge in [0, 0.05) is 18.6 Å². The fourth-order valence-corrected chi connectivity index (χ4v) is 1.84. The molecule has 0 atom stereocenters. The summed E-state index contributed by atoms with van der Waals surface area (Å²) >= 11 is 0. The summed E-state index contributed by atoms with van der Waals surface area (Å²) < 4.78 is 2.01. The molecule has 0 bridgehead atoms. The van der Waals surface area contributed by atoms with Crippen molar-refractivity contribution in [2.75, 3.05) is 0 Å². The molecule has 3 rings (SSSR count). The average molecular weight is 185 g/mol. The van der Waals surface area contributed by atoms with Crippen LogP contribution in [0.25, 0.3) is 5.65 Å². The molecule has 3 heteroatoms. The van der Waals surface area contributed by atoms with Gasteiger partial charge in [-0.15, -0.1) is 0 Å². The van der Waals surface area contributed by atoms with Gasteiger partial charge in [0.2, 0.25) is 0 Å². The highest BCUT2D eigenvalue weighted by molar-refractivity contribution is 5.75. The lowest BCUT2D eigenvalue weighted by molar-refractivity contribution is 1.08. The van der Waals surface area contributed by atoms with Gasteiger partial charge >= 0.3 is 0 Å². The van der Waals surface area contributed by atoms with Gasteiger partial charge in [0.25, 0.3) is 0 Å². The average Bonchev–Trinajstić information content (AvgIpc) is 2.96. The third-order valence-corrected chi connectivity index (χ3v) is 2.70. The van der Waals surface area contributed by atoms with Crippen LogP contribution in [0.3, 0.4) is 0 Å². The Morgan fingerprint density at radius 1 is 1.50 bits per heavy atom. The van der Waals surface area contributed by atoms with E-state index in [0.717, 1.165) is 11.3 Å². The predicted molar refractivity (Wildman–Crippen MR) is 55.1 cm³/mol. The van der Waals surface area contributed by atoms with Gasteiger partial charge < -0.3 is 9.81 Å². The van der Waals surface area contributed by atoms with Crippen LogP contribution in [0.15, 0.2) is 24.5 Å². The smallest absolute Gasteiger partial charge is 0.140 e. The molecule has 14 heavy (non-hydrogen) atoms. The van der Waals surface area contributed by atoms with Crippen LogP contribution in [0.5, 0.6) is 0 Å². The van der Waals surface area contributed by atoms with Gasteiger partial charge in [-0.2, -0.15) is 0 Å². The van der Waals surface area contributed by atoms with Crippen molar-refractivity contribution in [1.82, 2.24) is 9.38 Å². The van der Waals surface area contributed by atoms with Crippen molar-refractivity contribution in [3.63, 3.8) is 0 Å². The maximum atomic E-state index is 7.17. The fraction of sp³-hybridized carbons (Fsp3) is 0.273. The fourth-order valence-electron chi connectivity index (χ4n) is 1.84. The molecule has 0 saturated heterocycles. The zero-order chi connectivity index (χ0) is 9.54. The number of aromatic nitrogens is 2. The highest BCUT2D eigenvalue weighted by Crippen LogP contribution is 2.41. The van der Waals surface area contributed by atoms with Gasteiger partial charge in [-0.3, -0.25) is 0 Å². The first kappa shape index (κ1) is 7.74. The Morgan fingerprint density at radius 2 is 2.36 bits per heavy atom. The lowest BCUT2D eigenvalue weighted by atomic mass is 10.2. The maximum Gasteiger partial charge on any atom is 0.140 e. The summed E-state index contributed by atoms with van der Waals surface area (Å²) in [5.41, 5.74) is 3.09. The molecule has 1 saturated carbocycles. The summed E-state index contributed by atoms with van der Waals surface area (Å²) in [6.07, 6.45) is 7.75. The molecule has 1 N–H and O–H groups in total. The number of rotatable bonds is 2. The lowest BCUT2D eigenvalue weighted by Gasteiger charge is -1.99. The highest BCUT2D eigenvalue weighted by atomic mass is 15.0. The van der Waals surface area contributed by atoms with Gasteiger partial charge in [0.15, 0.2) is 0 Å². The Labute approximate surface area is 81.9 Å². The third-order valence-electron chi connectivity index (χ3n) is 2.70. The molecule has 0 aliphatic heterocycles. The normalized spacial score (nSPS) is 16.0. The molecule has 1 aliphatic rings. The van der Waals surface area contributed by atoms with Crippen molar-refractivity contribution in [3.05, 3.63) is 35.8 Å². The second-order valence-electron chi connectivity index (χ2n) is 3.78. The molecular formula is C11H11N3. The Hall–Kier alpha value is -1.64. The summed E-state index contributed by atoms with van der Waals surface area (Å²) in [5.74, 6) is 0.708. The Morgan fingerprint density at radius 3 is 3.07 bits per heavy atom. The minimum absolute atomic E-state index is 0.708. The molecule has 2 aromatic heterocycles. The third kappa shape index (κ3) is 1.05. The van der Waals surface area contributed by atoms with Gasteiger partial charge in [-0.25, -0.2) is 4.98 Å². The van der Waals surface area contributed by atoms with Crippen molar-refractivity contribution in [2.24, 2.45) is 0 Å². The largest absolute Gasteiger partial charge is 0.306 e. The summed E-state index contributed by atoms with van der Waals surface area (Å²) in [6.45, 7) is 0. The molecular weight excluding hydrogens is 174 g/mol. The van der Waals surface area contributed by atoms with Crippen LogP contribution < -0.4 is 0 Å². The molecule has 0 unspecified atom stereocenters. The highest BCUT2D eigenvalue weighted by Gasteiger charge is 2.26. The number of fused-ring (bicyclic) bond motifs is 1. The van der Waals surface area contributed by atoms with Crippen molar-refractivity contribution in [3.8, 4) is 0 Å². The zero-order valence-electron chi connectivity index (χ0n) is 7.77. The molecule has 0 amide bonds. The van der Waals surface area contributed by atoms with E-state index in [1.165, 1.54) is 24.6 Å². The Bertz CT molecular complexity index is 494. The minimum atomic E-state index is 0.708. The molecule has 3 nitrogen and oxygen atoms in total. The number of pyridine rings is 1. The number of imidazole rings is 1. The van der Waals surface area contributed by atoms with Crippen molar-refractivity contribution < 1.29 is 0 Å². The van der Waals surface area contributed by atoms with Crippen molar-refractivity contribution in [1.29, 1.82) is 5.41 Å². The first-order valence-electron chi connectivity index (χ1n) is 4.86. The van der Waals surface area contributed by atoms with E-state index in [0.29, 0.717) is 5.92 Å². The maximum absolute atomic E-state index is 7.17. The second-order valence-corrected chi connectivity index (χ2v) is 3.78. The molecule has 70 valence electrons. The molecule has 2 heterocycles. The van der Waals surface area contributed by atoms with E-state index in [2.05, 4.69) is 17.1 Å². The first-order valence-corrected chi connectivity index (χ1v) is 4.86. The zero-order valence-corrected chi connectivity index (χ0v) is 7.77. The molecule has 0 radical (unpaired) electrons. The van der Waals surface area contributed by atoms with E-state index in [1.807, 2.05) is 16.8 Å². The quantitative estimate of drug-likeness (QED) is 0.716. The van der Waals surface area contributed by atoms with Crippen molar-refractivity contribution in [2.45, 2.75) is 18.8 Å². The Kier molecular flexibility index (Phi) is 1.48. The van der Waals surface area contributed by atoms with E-state index >= 15 is 0 Å². The van der Waals surface area contributed by atoms with Gasteiger partial charge in [0.05, 0.1) is 5.69 Å². The molecule has 1 aliphatic carbocycles. The van der Waals surface area contributed by atoms with Crippen LogP contribution in [0.1, 0.15) is 30.0 Å². The Balaban J connectivity index is 2.28. The molecule has 0 aromatic carbocycles.